The number of imidazole rings is 1. The molecule has 0 aliphatic carbocycles. The van der Waals surface area contributed by atoms with Crippen molar-refractivity contribution in [1.82, 2.24) is 24.5 Å². The Hall–Kier alpha value is -3.97. The molecule has 0 aliphatic heterocycles. The lowest BCUT2D eigenvalue weighted by atomic mass is 10.0. The molecule has 37 heavy (non-hydrogen) atoms. The second-order valence-electron chi connectivity index (χ2n) is 8.21. The minimum atomic E-state index is -3.85. The highest BCUT2D eigenvalue weighted by atomic mass is 32.2. The van der Waals surface area contributed by atoms with E-state index in [1.807, 2.05) is 11.5 Å². The third kappa shape index (κ3) is 4.62. The SMILES string of the molecule is CCCS(=O)(=O)Nc1ccc(F)c(C(=O)c2c[nH]c3ncc(-c4cnc(-n5ccnc5C)s4)cc23)c1F. The number of nitrogens with zero attached hydrogens (tertiary/aromatic N) is 4. The monoisotopic (exact) mass is 542 g/mol. The molecule has 13 heteroatoms. The molecule has 0 saturated heterocycles. The number of hydrogen-bond donors (Lipinski definition) is 2. The summed E-state index contributed by atoms with van der Waals surface area (Å²) in [7, 11) is -3.85. The number of H-pyrrole nitrogens is 1. The molecule has 5 rings (SSSR count). The van der Waals surface area contributed by atoms with Crippen LogP contribution in [0.5, 0.6) is 0 Å². The molecule has 0 atom stereocenters. The molecule has 1 aromatic carbocycles. The van der Waals surface area contributed by atoms with Gasteiger partial charge in [0.15, 0.2) is 10.9 Å². The van der Waals surface area contributed by atoms with Crippen molar-refractivity contribution in [2.75, 3.05) is 10.5 Å². The van der Waals surface area contributed by atoms with Gasteiger partial charge >= 0.3 is 0 Å². The predicted molar refractivity (Wildman–Crippen MR) is 137 cm³/mol. The number of thiazole rings is 1. The largest absolute Gasteiger partial charge is 0.345 e. The van der Waals surface area contributed by atoms with Crippen LogP contribution in [0.4, 0.5) is 14.5 Å². The number of aryl methyl sites for hydroxylation is 1. The first kappa shape index (κ1) is 24.7. The Kier molecular flexibility index (Phi) is 6.33. The number of fused-ring (bicyclic) bond motifs is 1. The van der Waals surface area contributed by atoms with Crippen molar-refractivity contribution in [1.29, 1.82) is 0 Å². The molecule has 190 valence electrons. The summed E-state index contributed by atoms with van der Waals surface area (Å²) in [5.41, 5.74) is -0.360. The molecular weight excluding hydrogens is 522 g/mol. The fourth-order valence-corrected chi connectivity index (χ4v) is 5.94. The van der Waals surface area contributed by atoms with Gasteiger partial charge in [-0.05, 0) is 31.5 Å². The van der Waals surface area contributed by atoms with Crippen molar-refractivity contribution in [3.8, 4) is 15.6 Å². The number of nitrogens with one attached hydrogen (secondary N) is 2. The van der Waals surface area contributed by atoms with Gasteiger partial charge < -0.3 is 4.98 Å². The van der Waals surface area contributed by atoms with Gasteiger partial charge in [-0.2, -0.15) is 0 Å². The van der Waals surface area contributed by atoms with Crippen molar-refractivity contribution < 1.29 is 22.0 Å². The number of aromatic amines is 1. The van der Waals surface area contributed by atoms with E-state index in [0.29, 0.717) is 28.1 Å². The lowest BCUT2D eigenvalue weighted by Gasteiger charge is -2.11. The molecule has 0 saturated carbocycles. The summed E-state index contributed by atoms with van der Waals surface area (Å²) in [5.74, 6) is -2.82. The Morgan fingerprint density at radius 2 is 2.00 bits per heavy atom. The molecule has 0 radical (unpaired) electrons. The van der Waals surface area contributed by atoms with Crippen LogP contribution >= 0.6 is 11.3 Å². The number of carbonyl (C=O) groups is 1. The minimum absolute atomic E-state index is 0.00842. The van der Waals surface area contributed by atoms with Crippen LogP contribution in [-0.2, 0) is 10.0 Å². The second kappa shape index (κ2) is 9.48. The van der Waals surface area contributed by atoms with Crippen molar-refractivity contribution in [2.45, 2.75) is 20.3 Å². The molecule has 0 spiro atoms. The summed E-state index contributed by atoms with van der Waals surface area (Å²) in [6, 6.07) is 3.50. The van der Waals surface area contributed by atoms with Gasteiger partial charge in [-0.25, -0.2) is 32.2 Å². The van der Waals surface area contributed by atoms with E-state index in [-0.39, 0.29) is 11.3 Å². The maximum absolute atomic E-state index is 15.2. The molecule has 0 bridgehead atoms. The zero-order chi connectivity index (χ0) is 26.3. The van der Waals surface area contributed by atoms with E-state index in [2.05, 4.69) is 24.7 Å². The molecule has 0 unspecified atom stereocenters. The highest BCUT2D eigenvalue weighted by Gasteiger charge is 2.26. The van der Waals surface area contributed by atoms with E-state index in [0.717, 1.165) is 22.8 Å². The number of anilines is 1. The van der Waals surface area contributed by atoms with Crippen molar-refractivity contribution >= 4 is 43.9 Å². The molecule has 0 fully saturated rings. The molecule has 2 N–H and O–H groups in total. The van der Waals surface area contributed by atoms with E-state index in [4.69, 9.17) is 0 Å². The third-order valence-electron chi connectivity index (χ3n) is 5.64. The summed E-state index contributed by atoms with van der Waals surface area (Å²) in [6.07, 6.45) is 8.37. The maximum atomic E-state index is 15.2. The molecule has 4 aromatic heterocycles. The number of ketones is 1. The van der Waals surface area contributed by atoms with Gasteiger partial charge in [0, 0.05) is 47.5 Å². The highest BCUT2D eigenvalue weighted by molar-refractivity contribution is 7.92. The van der Waals surface area contributed by atoms with Crippen molar-refractivity contribution in [3.63, 3.8) is 0 Å². The van der Waals surface area contributed by atoms with Gasteiger partial charge in [0.2, 0.25) is 15.8 Å². The molecule has 0 aliphatic rings. The molecular formula is C24H20F2N6O3S2. The van der Waals surface area contributed by atoms with Gasteiger partial charge in [-0.15, -0.1) is 0 Å². The third-order valence-corrected chi connectivity index (χ3v) is 8.16. The van der Waals surface area contributed by atoms with Gasteiger partial charge in [-0.3, -0.25) is 14.1 Å². The molecule has 4 heterocycles. The maximum Gasteiger partial charge on any atom is 0.232 e. The standard InChI is InChI=1S/C24H20F2N6O3S2/c1-3-8-37(34,35)31-18-5-4-17(25)20(21(18)26)22(33)16-11-29-23-15(16)9-14(10-28-23)19-12-30-24(36-19)32-7-6-27-13(32)2/h4-7,9-12,31H,3,8H2,1-2H3,(H,28,29). The Labute approximate surface area is 214 Å². The summed E-state index contributed by atoms with van der Waals surface area (Å²) in [4.78, 5) is 29.9. The molecule has 0 amide bonds. The van der Waals surface area contributed by atoms with Crippen LogP contribution in [0.25, 0.3) is 26.6 Å². The first-order valence-corrected chi connectivity index (χ1v) is 13.6. The quantitative estimate of drug-likeness (QED) is 0.271. The minimum Gasteiger partial charge on any atom is -0.345 e. The summed E-state index contributed by atoms with van der Waals surface area (Å²) < 4.78 is 58.1. The van der Waals surface area contributed by atoms with Crippen molar-refractivity contribution in [3.05, 3.63) is 77.8 Å². The molecule has 5 aromatic rings. The fourth-order valence-electron chi connectivity index (χ4n) is 3.88. The second-order valence-corrected chi connectivity index (χ2v) is 11.1. The van der Waals surface area contributed by atoms with Crippen LogP contribution in [0.1, 0.15) is 35.1 Å². The van der Waals surface area contributed by atoms with Crippen LogP contribution in [0, 0.1) is 18.6 Å². The Balaban J connectivity index is 1.53. The van der Waals surface area contributed by atoms with Crippen LogP contribution in [0.3, 0.4) is 0 Å². The fraction of sp³-hybridized carbons (Fsp3) is 0.167. The smallest absolute Gasteiger partial charge is 0.232 e. The average Bonchev–Trinajstić information content (AvgIpc) is 3.59. The van der Waals surface area contributed by atoms with E-state index in [9.17, 15) is 17.6 Å². The normalized spacial score (nSPS) is 11.8. The highest BCUT2D eigenvalue weighted by Crippen LogP contribution is 2.32. The number of sulfonamides is 1. The van der Waals surface area contributed by atoms with Crippen LogP contribution < -0.4 is 4.72 Å². The van der Waals surface area contributed by atoms with Gasteiger partial charge in [0.05, 0.1) is 21.9 Å². The predicted octanol–water partition coefficient (Wildman–Crippen LogP) is 4.84. The van der Waals surface area contributed by atoms with Crippen LogP contribution in [0.15, 0.2) is 49.2 Å². The Bertz CT molecular complexity index is 1760. The van der Waals surface area contributed by atoms with Gasteiger partial charge in [0.1, 0.15) is 17.3 Å². The van der Waals surface area contributed by atoms with E-state index < -0.39 is 38.7 Å². The van der Waals surface area contributed by atoms with E-state index >= 15 is 4.39 Å². The average molecular weight is 543 g/mol. The first-order valence-electron chi connectivity index (χ1n) is 11.2. The van der Waals surface area contributed by atoms with Crippen LogP contribution in [-0.4, -0.2) is 44.5 Å². The number of rotatable bonds is 8. The van der Waals surface area contributed by atoms with Crippen molar-refractivity contribution in [2.24, 2.45) is 0 Å². The summed E-state index contributed by atoms with van der Waals surface area (Å²) >= 11 is 1.39. The first-order chi connectivity index (χ1) is 17.7. The molecule has 9 nitrogen and oxygen atoms in total. The summed E-state index contributed by atoms with van der Waals surface area (Å²) in [6.45, 7) is 3.51. The Morgan fingerprint density at radius 3 is 2.73 bits per heavy atom. The number of carbonyl (C=O) groups excluding carboxylic acids is 1. The zero-order valence-corrected chi connectivity index (χ0v) is 21.3. The number of pyridine rings is 1. The van der Waals surface area contributed by atoms with Gasteiger partial charge in [0.25, 0.3) is 0 Å². The number of hydrogen-bond acceptors (Lipinski definition) is 7. The zero-order valence-electron chi connectivity index (χ0n) is 19.6. The lowest BCUT2D eigenvalue weighted by molar-refractivity contribution is 0.103. The number of benzene rings is 1. The lowest BCUT2D eigenvalue weighted by Crippen LogP contribution is -2.18. The summed E-state index contributed by atoms with van der Waals surface area (Å²) in [5, 5.41) is 1.05. The number of halogens is 2. The number of aromatic nitrogens is 5. The van der Waals surface area contributed by atoms with E-state index in [1.54, 1.807) is 37.8 Å². The Morgan fingerprint density at radius 1 is 1.19 bits per heavy atom. The topological polar surface area (TPSA) is 123 Å². The van der Waals surface area contributed by atoms with E-state index in [1.165, 1.54) is 17.5 Å². The van der Waals surface area contributed by atoms with Gasteiger partial charge in [-0.1, -0.05) is 18.3 Å². The van der Waals surface area contributed by atoms with Crippen LogP contribution in [0.2, 0.25) is 0 Å².